The molecular formula is C11H15O5P. The second-order valence-electron chi connectivity index (χ2n) is 3.93. The van der Waals surface area contributed by atoms with E-state index in [1.54, 1.807) is 20.8 Å². The normalized spacial score (nSPS) is 11.4. The molecule has 0 aliphatic rings. The highest BCUT2D eigenvalue weighted by Crippen LogP contribution is 2.50. The van der Waals surface area contributed by atoms with Crippen molar-refractivity contribution in [3.8, 4) is 24.7 Å². The van der Waals surface area contributed by atoms with E-state index >= 15 is 0 Å². The summed E-state index contributed by atoms with van der Waals surface area (Å²) in [5, 5.41) is 0. The predicted molar refractivity (Wildman–Crippen MR) is 63.4 cm³/mol. The topological polar surface area (TPSA) is 61.8 Å². The van der Waals surface area contributed by atoms with Gasteiger partial charge in [-0.3, -0.25) is 9.05 Å². The Balaban J connectivity index is 4.81. The molecule has 0 saturated carbocycles. The van der Waals surface area contributed by atoms with Crippen molar-refractivity contribution in [2.45, 2.75) is 26.4 Å². The highest BCUT2D eigenvalue weighted by atomic mass is 31.2. The fourth-order valence-corrected chi connectivity index (χ4v) is 1.87. The van der Waals surface area contributed by atoms with Crippen molar-refractivity contribution in [1.82, 2.24) is 0 Å². The van der Waals surface area contributed by atoms with Gasteiger partial charge in [0.2, 0.25) is 0 Å². The second-order valence-corrected chi connectivity index (χ2v) is 5.81. The Morgan fingerprint density at radius 1 is 1.18 bits per heavy atom. The first kappa shape index (κ1) is 15.7. The molecule has 5 nitrogen and oxygen atoms in total. The van der Waals surface area contributed by atoms with Gasteiger partial charge in [0.1, 0.15) is 18.8 Å². The number of rotatable bonds is 5. The number of hydrogen-bond acceptors (Lipinski definition) is 5. The van der Waals surface area contributed by atoms with E-state index in [0.29, 0.717) is 0 Å². The van der Waals surface area contributed by atoms with Crippen molar-refractivity contribution in [2.75, 3.05) is 13.2 Å². The van der Waals surface area contributed by atoms with Crippen molar-refractivity contribution in [2.24, 2.45) is 0 Å². The van der Waals surface area contributed by atoms with E-state index in [2.05, 4.69) is 11.8 Å². The maximum atomic E-state index is 12.0. The third kappa shape index (κ3) is 6.14. The van der Waals surface area contributed by atoms with E-state index in [-0.39, 0.29) is 13.2 Å². The van der Waals surface area contributed by atoms with Crippen LogP contribution < -0.4 is 0 Å². The summed E-state index contributed by atoms with van der Waals surface area (Å²) in [6, 6.07) is 0. The van der Waals surface area contributed by atoms with Gasteiger partial charge in [-0.05, 0) is 20.8 Å². The summed E-state index contributed by atoms with van der Waals surface area (Å²) in [6.07, 6.45) is 9.90. The molecule has 0 amide bonds. The van der Waals surface area contributed by atoms with Crippen LogP contribution in [0.15, 0.2) is 0 Å². The number of carbonyl (C=O) groups excluding carboxylic acids is 1. The molecule has 0 aliphatic carbocycles. The van der Waals surface area contributed by atoms with Crippen LogP contribution in [0.3, 0.4) is 0 Å². The SMILES string of the molecule is C#CCOP(=O)(OCC#C)C(=O)OC(C)(C)C. The quantitative estimate of drug-likeness (QED) is 0.559. The lowest BCUT2D eigenvalue weighted by Crippen LogP contribution is -2.24. The summed E-state index contributed by atoms with van der Waals surface area (Å²) < 4.78 is 26.3. The first-order valence-corrected chi connectivity index (χ1v) is 6.29. The zero-order chi connectivity index (χ0) is 13.5. The van der Waals surface area contributed by atoms with Crippen molar-refractivity contribution in [3.63, 3.8) is 0 Å². The summed E-state index contributed by atoms with van der Waals surface area (Å²) in [7, 11) is -4.09. The summed E-state index contributed by atoms with van der Waals surface area (Å²) in [5.74, 6) is 4.17. The van der Waals surface area contributed by atoms with Crippen LogP contribution in [0, 0.1) is 24.7 Å². The Kier molecular flexibility index (Phi) is 5.99. The Morgan fingerprint density at radius 3 is 1.88 bits per heavy atom. The Morgan fingerprint density at radius 2 is 1.59 bits per heavy atom. The monoisotopic (exact) mass is 258 g/mol. The van der Waals surface area contributed by atoms with Crippen LogP contribution in [-0.2, 0) is 18.3 Å². The van der Waals surface area contributed by atoms with Gasteiger partial charge in [0.05, 0.1) is 0 Å². The molecule has 6 heteroatoms. The van der Waals surface area contributed by atoms with Crippen molar-refractivity contribution >= 4 is 13.3 Å². The molecule has 0 radical (unpaired) electrons. The predicted octanol–water partition coefficient (Wildman–Crippen LogP) is 2.41. The van der Waals surface area contributed by atoms with E-state index in [1.807, 2.05) is 0 Å². The average molecular weight is 258 g/mol. The van der Waals surface area contributed by atoms with Crippen LogP contribution in [-0.4, -0.2) is 24.5 Å². The van der Waals surface area contributed by atoms with Gasteiger partial charge in [-0.2, -0.15) is 0 Å². The minimum atomic E-state index is -4.09. The van der Waals surface area contributed by atoms with E-state index in [9.17, 15) is 9.36 Å². The number of ether oxygens (including phenoxy) is 1. The first-order chi connectivity index (χ1) is 7.75. The molecule has 0 N–H and O–H groups in total. The molecule has 17 heavy (non-hydrogen) atoms. The number of hydrogen-bond donors (Lipinski definition) is 0. The Bertz CT molecular complexity index is 372. The minimum absolute atomic E-state index is 0.332. The Labute approximate surface area is 101 Å². The van der Waals surface area contributed by atoms with Crippen LogP contribution in [0.2, 0.25) is 0 Å². The van der Waals surface area contributed by atoms with Crippen LogP contribution >= 0.6 is 7.60 Å². The fourth-order valence-electron chi connectivity index (χ4n) is 0.705. The largest absolute Gasteiger partial charge is 0.451 e. The van der Waals surface area contributed by atoms with Gasteiger partial charge in [0.15, 0.2) is 0 Å². The lowest BCUT2D eigenvalue weighted by atomic mass is 10.2. The molecule has 0 aromatic carbocycles. The lowest BCUT2D eigenvalue weighted by molar-refractivity contribution is 0.0638. The first-order valence-electron chi connectivity index (χ1n) is 4.75. The zero-order valence-corrected chi connectivity index (χ0v) is 11.0. The molecule has 94 valence electrons. The molecule has 0 spiro atoms. The van der Waals surface area contributed by atoms with Gasteiger partial charge in [-0.1, -0.05) is 11.8 Å². The van der Waals surface area contributed by atoms with Gasteiger partial charge < -0.3 is 4.74 Å². The van der Waals surface area contributed by atoms with Gasteiger partial charge in [-0.15, -0.1) is 12.8 Å². The molecule has 0 rings (SSSR count). The highest BCUT2D eigenvalue weighted by Gasteiger charge is 2.39. The smallest absolute Gasteiger partial charge is 0.440 e. The fraction of sp³-hybridized carbons (Fsp3) is 0.545. The third-order valence-corrected chi connectivity index (χ3v) is 2.73. The molecule has 0 aromatic heterocycles. The highest BCUT2D eigenvalue weighted by molar-refractivity contribution is 7.71. The molecule has 0 saturated heterocycles. The number of carbonyl (C=O) groups is 1. The van der Waals surface area contributed by atoms with Crippen LogP contribution in [0.1, 0.15) is 20.8 Å². The molecule has 0 bridgehead atoms. The summed E-state index contributed by atoms with van der Waals surface area (Å²) in [5.41, 5.74) is -1.92. The van der Waals surface area contributed by atoms with Gasteiger partial charge in [-0.25, -0.2) is 9.36 Å². The zero-order valence-electron chi connectivity index (χ0n) is 10.1. The maximum absolute atomic E-state index is 12.0. The van der Waals surface area contributed by atoms with E-state index in [4.69, 9.17) is 26.6 Å². The second kappa shape index (κ2) is 6.47. The van der Waals surface area contributed by atoms with Crippen LogP contribution in [0.4, 0.5) is 4.79 Å². The standard InChI is InChI=1S/C11H15O5P/c1-6-8-14-17(13,15-9-7-2)10(12)16-11(3,4)5/h1-2H,8-9H2,3-5H3. The lowest BCUT2D eigenvalue weighted by Gasteiger charge is -2.22. The molecule has 0 atom stereocenters. The summed E-state index contributed by atoms with van der Waals surface area (Å²) in [6.45, 7) is 4.20. The van der Waals surface area contributed by atoms with E-state index < -0.39 is 18.9 Å². The summed E-state index contributed by atoms with van der Waals surface area (Å²) >= 11 is 0. The van der Waals surface area contributed by atoms with Gasteiger partial charge in [0, 0.05) is 0 Å². The van der Waals surface area contributed by atoms with Crippen LogP contribution in [0.25, 0.3) is 0 Å². The summed E-state index contributed by atoms with van der Waals surface area (Å²) in [4.78, 5) is 11.6. The molecule has 0 aromatic rings. The Hall–Kier alpha value is -1.26. The average Bonchev–Trinajstić information content (AvgIpc) is 2.21. The maximum Gasteiger partial charge on any atom is 0.440 e. The molecular weight excluding hydrogens is 243 g/mol. The van der Waals surface area contributed by atoms with Gasteiger partial charge in [0.25, 0.3) is 0 Å². The molecule has 0 unspecified atom stereocenters. The third-order valence-electron chi connectivity index (χ3n) is 1.25. The van der Waals surface area contributed by atoms with Crippen molar-refractivity contribution < 1.29 is 23.1 Å². The van der Waals surface area contributed by atoms with Crippen molar-refractivity contribution in [1.29, 1.82) is 0 Å². The molecule has 0 fully saturated rings. The number of terminal acetylenes is 2. The molecule has 0 heterocycles. The molecule has 0 aliphatic heterocycles. The minimum Gasteiger partial charge on any atom is -0.451 e. The van der Waals surface area contributed by atoms with E-state index in [1.165, 1.54) is 0 Å². The van der Waals surface area contributed by atoms with Crippen molar-refractivity contribution in [3.05, 3.63) is 0 Å². The van der Waals surface area contributed by atoms with E-state index in [0.717, 1.165) is 0 Å². The van der Waals surface area contributed by atoms with Crippen LogP contribution in [0.5, 0.6) is 0 Å². The van der Waals surface area contributed by atoms with Gasteiger partial charge >= 0.3 is 13.3 Å².